The van der Waals surface area contributed by atoms with E-state index in [-0.39, 0.29) is 11.9 Å². The van der Waals surface area contributed by atoms with Crippen LogP contribution < -0.4 is 15.5 Å². The van der Waals surface area contributed by atoms with Gasteiger partial charge in [-0.25, -0.2) is 0 Å². The van der Waals surface area contributed by atoms with E-state index < -0.39 is 0 Å². The zero-order valence-electron chi connectivity index (χ0n) is 16.1. The lowest BCUT2D eigenvalue weighted by Gasteiger charge is -2.37. The molecule has 0 spiro atoms. The van der Waals surface area contributed by atoms with E-state index in [1.807, 2.05) is 37.3 Å². The molecule has 28 heavy (non-hydrogen) atoms. The summed E-state index contributed by atoms with van der Waals surface area (Å²) in [6.07, 6.45) is 0. The number of carbonyl (C=O) groups excluding carboxylic acids is 1. The molecule has 2 N–H and O–H groups in total. The van der Waals surface area contributed by atoms with Crippen LogP contribution in [0, 0.1) is 0 Å². The van der Waals surface area contributed by atoms with Crippen LogP contribution in [-0.4, -0.2) is 32.1 Å². The van der Waals surface area contributed by atoms with Crippen LogP contribution in [0.2, 0.25) is 5.02 Å². The summed E-state index contributed by atoms with van der Waals surface area (Å²) in [5.74, 6) is -0.160. The number of benzene rings is 3. The number of rotatable bonds is 5. The van der Waals surface area contributed by atoms with E-state index in [1.165, 1.54) is 0 Å². The molecule has 0 aliphatic carbocycles. The van der Waals surface area contributed by atoms with Gasteiger partial charge >= 0.3 is 0 Å². The molecular formula is C23H24ClN3O. The summed E-state index contributed by atoms with van der Waals surface area (Å²) >= 11 is 6.36. The summed E-state index contributed by atoms with van der Waals surface area (Å²) in [5, 5.41) is 9.16. The van der Waals surface area contributed by atoms with E-state index in [4.69, 9.17) is 11.6 Å². The molecule has 0 bridgehead atoms. The maximum Gasteiger partial charge on any atom is 0.253 e. The molecular weight excluding hydrogens is 370 g/mol. The van der Waals surface area contributed by atoms with Crippen molar-refractivity contribution in [3.05, 3.63) is 76.8 Å². The molecule has 0 unspecified atom stereocenters. The number of nitrogens with one attached hydrogen (secondary N) is 2. The van der Waals surface area contributed by atoms with E-state index in [0.29, 0.717) is 16.6 Å². The number of nitrogens with zero attached hydrogens (tertiary/aromatic N) is 1. The molecule has 1 heterocycles. The van der Waals surface area contributed by atoms with Crippen molar-refractivity contribution in [2.75, 3.05) is 25.0 Å². The first-order valence-corrected chi connectivity index (χ1v) is 9.94. The smallest absolute Gasteiger partial charge is 0.253 e. The Kier molecular flexibility index (Phi) is 5.25. The van der Waals surface area contributed by atoms with Gasteiger partial charge in [0, 0.05) is 25.8 Å². The summed E-state index contributed by atoms with van der Waals surface area (Å²) in [7, 11) is 2.05. The van der Waals surface area contributed by atoms with Gasteiger partial charge in [0.25, 0.3) is 5.91 Å². The lowest BCUT2D eigenvalue weighted by Crippen LogP contribution is -2.56. The van der Waals surface area contributed by atoms with Crippen molar-refractivity contribution in [2.24, 2.45) is 0 Å². The van der Waals surface area contributed by atoms with Gasteiger partial charge in [-0.2, -0.15) is 0 Å². The molecule has 1 atom stereocenters. The molecule has 1 fully saturated rings. The maximum atomic E-state index is 13.0. The van der Waals surface area contributed by atoms with E-state index in [1.54, 1.807) is 6.07 Å². The zero-order chi connectivity index (χ0) is 19.7. The van der Waals surface area contributed by atoms with Crippen molar-refractivity contribution in [3.63, 3.8) is 0 Å². The number of amides is 1. The highest BCUT2D eigenvalue weighted by Crippen LogP contribution is 2.27. The fraction of sp³-hybridized carbons (Fsp3) is 0.261. The largest absolute Gasteiger partial charge is 0.369 e. The molecule has 1 saturated heterocycles. The molecule has 0 aromatic heterocycles. The molecule has 1 amide bonds. The molecule has 4 rings (SSSR count). The summed E-state index contributed by atoms with van der Waals surface area (Å²) in [6, 6.07) is 20.3. The summed E-state index contributed by atoms with van der Waals surface area (Å²) in [5.41, 5.74) is 2.60. The van der Waals surface area contributed by atoms with Gasteiger partial charge in [0.1, 0.15) is 0 Å². The Bertz CT molecular complexity index is 1010. The van der Waals surface area contributed by atoms with Crippen molar-refractivity contribution in [1.29, 1.82) is 0 Å². The third-order valence-electron chi connectivity index (χ3n) is 5.55. The minimum Gasteiger partial charge on any atom is -0.369 e. The van der Waals surface area contributed by atoms with Crippen molar-refractivity contribution in [1.82, 2.24) is 10.6 Å². The second-order valence-corrected chi connectivity index (χ2v) is 7.76. The lowest BCUT2D eigenvalue weighted by molar-refractivity contribution is 0.0940. The van der Waals surface area contributed by atoms with Crippen LogP contribution in [-0.2, 0) is 0 Å². The fourth-order valence-corrected chi connectivity index (χ4v) is 3.85. The summed E-state index contributed by atoms with van der Waals surface area (Å²) in [6.45, 7) is 3.92. The van der Waals surface area contributed by atoms with Crippen LogP contribution in [0.25, 0.3) is 10.8 Å². The molecule has 1 aliphatic rings. The van der Waals surface area contributed by atoms with Crippen LogP contribution in [0.1, 0.15) is 28.9 Å². The van der Waals surface area contributed by atoms with E-state index in [2.05, 4.69) is 46.8 Å². The molecule has 5 heteroatoms. The molecule has 1 aliphatic heterocycles. The Morgan fingerprint density at radius 1 is 1.14 bits per heavy atom. The van der Waals surface area contributed by atoms with Gasteiger partial charge in [0.15, 0.2) is 0 Å². The van der Waals surface area contributed by atoms with Gasteiger partial charge < -0.3 is 15.5 Å². The Balaban J connectivity index is 1.57. The number of fused-ring (bicyclic) bond motifs is 1. The second-order valence-electron chi connectivity index (χ2n) is 7.35. The Labute approximate surface area is 170 Å². The minimum absolute atomic E-state index is 0.133. The van der Waals surface area contributed by atoms with Gasteiger partial charge in [-0.1, -0.05) is 54.1 Å². The molecule has 0 radical (unpaired) electrons. The van der Waals surface area contributed by atoms with E-state index in [0.717, 1.165) is 35.1 Å². The van der Waals surface area contributed by atoms with Crippen LogP contribution in [0.15, 0.2) is 60.7 Å². The topological polar surface area (TPSA) is 44.4 Å². The first-order chi connectivity index (χ1) is 13.5. The van der Waals surface area contributed by atoms with E-state index in [9.17, 15) is 4.79 Å². The average Bonchev–Trinajstić information content (AvgIpc) is 2.66. The van der Waals surface area contributed by atoms with Gasteiger partial charge in [-0.05, 0) is 41.5 Å². The molecule has 0 saturated carbocycles. The number of hydrogen-bond acceptors (Lipinski definition) is 3. The van der Waals surface area contributed by atoms with Crippen molar-refractivity contribution in [3.8, 4) is 0 Å². The fourth-order valence-electron chi connectivity index (χ4n) is 3.64. The monoisotopic (exact) mass is 393 g/mol. The van der Waals surface area contributed by atoms with Crippen LogP contribution in [0.4, 0.5) is 5.69 Å². The highest BCUT2D eigenvalue weighted by molar-refractivity contribution is 6.34. The van der Waals surface area contributed by atoms with Crippen LogP contribution in [0.5, 0.6) is 0 Å². The number of carbonyl (C=O) groups is 1. The van der Waals surface area contributed by atoms with Crippen molar-refractivity contribution >= 4 is 34.0 Å². The normalized spacial score (nSPS) is 15.1. The highest BCUT2D eigenvalue weighted by Gasteiger charge is 2.23. The van der Waals surface area contributed by atoms with Crippen molar-refractivity contribution < 1.29 is 4.79 Å². The number of anilines is 1. The third-order valence-corrected chi connectivity index (χ3v) is 5.88. The first kappa shape index (κ1) is 18.8. The first-order valence-electron chi connectivity index (χ1n) is 9.56. The Morgan fingerprint density at radius 3 is 2.64 bits per heavy atom. The van der Waals surface area contributed by atoms with Gasteiger partial charge in [0.05, 0.1) is 22.7 Å². The number of hydrogen-bond donors (Lipinski definition) is 2. The standard InChI is InChI=1S/C23H24ClN3O/c1-15(19-9-5-7-16-6-3-4-8-20(16)19)26-23(28)21-12-17(10-11-22(21)24)27(2)18-13-25-14-18/h3-12,15,18,25H,13-14H2,1-2H3,(H,26,28)/t15-/m1/s1. The quantitative estimate of drug-likeness (QED) is 0.675. The van der Waals surface area contributed by atoms with Gasteiger partial charge in [-0.3, -0.25) is 4.79 Å². The zero-order valence-corrected chi connectivity index (χ0v) is 16.8. The molecule has 3 aromatic rings. The highest BCUT2D eigenvalue weighted by atomic mass is 35.5. The molecule has 144 valence electrons. The van der Waals surface area contributed by atoms with Crippen molar-refractivity contribution in [2.45, 2.75) is 19.0 Å². The van der Waals surface area contributed by atoms with Gasteiger partial charge in [0.2, 0.25) is 0 Å². The average molecular weight is 394 g/mol. The number of halogens is 1. The Hall–Kier alpha value is -2.56. The number of likely N-dealkylation sites (N-methyl/N-ethyl adjacent to an activating group) is 1. The SMILES string of the molecule is C[C@@H](NC(=O)c1cc(N(C)C2CNC2)ccc1Cl)c1cccc2ccccc12. The maximum absolute atomic E-state index is 13.0. The second kappa shape index (κ2) is 7.82. The van der Waals surface area contributed by atoms with Crippen LogP contribution >= 0.6 is 11.6 Å². The summed E-state index contributed by atoms with van der Waals surface area (Å²) in [4.78, 5) is 15.2. The third kappa shape index (κ3) is 3.58. The molecule has 3 aromatic carbocycles. The Morgan fingerprint density at radius 2 is 1.89 bits per heavy atom. The van der Waals surface area contributed by atoms with E-state index >= 15 is 0 Å². The lowest BCUT2D eigenvalue weighted by atomic mass is 9.99. The predicted molar refractivity (Wildman–Crippen MR) is 116 cm³/mol. The van der Waals surface area contributed by atoms with Gasteiger partial charge in [-0.15, -0.1) is 0 Å². The minimum atomic E-state index is -0.160. The summed E-state index contributed by atoms with van der Waals surface area (Å²) < 4.78 is 0. The van der Waals surface area contributed by atoms with Crippen LogP contribution in [0.3, 0.4) is 0 Å². The predicted octanol–water partition coefficient (Wildman–Crippen LogP) is 4.39. The molecule has 4 nitrogen and oxygen atoms in total.